The van der Waals surface area contributed by atoms with Crippen LogP contribution in [-0.4, -0.2) is 20.4 Å². The Morgan fingerprint density at radius 2 is 1.94 bits per heavy atom. The smallest absolute Gasteiger partial charge is 0.0729 e. The van der Waals surface area contributed by atoms with E-state index in [1.165, 1.54) is 0 Å². The lowest BCUT2D eigenvalue weighted by Crippen LogP contribution is -2.10. The number of alkyl halides is 1. The molecule has 0 saturated carbocycles. The van der Waals surface area contributed by atoms with Crippen LogP contribution in [-0.2, 0) is 6.42 Å². The molecule has 96 valence electrons. The van der Waals surface area contributed by atoms with Crippen molar-refractivity contribution in [1.29, 1.82) is 0 Å². The van der Waals surface area contributed by atoms with Crippen LogP contribution in [0.5, 0.6) is 0 Å². The average Bonchev–Trinajstić information content (AvgIpc) is 2.85. The number of halogens is 1. The summed E-state index contributed by atoms with van der Waals surface area (Å²) in [5.74, 6) is 0.493. The molecule has 1 unspecified atom stereocenters. The summed E-state index contributed by atoms with van der Waals surface area (Å²) >= 11 is 6.28. The first-order valence-corrected chi connectivity index (χ1v) is 6.71. The van der Waals surface area contributed by atoms with Crippen molar-refractivity contribution in [2.24, 2.45) is 5.92 Å². The number of benzene rings is 1. The maximum atomic E-state index is 6.28. The molecule has 1 aromatic heterocycles. The average molecular weight is 264 g/mol. The summed E-state index contributed by atoms with van der Waals surface area (Å²) < 4.78 is 1.88. The second-order valence-electron chi connectivity index (χ2n) is 4.77. The van der Waals surface area contributed by atoms with Gasteiger partial charge in [0.2, 0.25) is 0 Å². The van der Waals surface area contributed by atoms with E-state index in [1.807, 2.05) is 41.2 Å². The second kappa shape index (κ2) is 6.01. The molecule has 0 fully saturated rings. The van der Waals surface area contributed by atoms with E-state index in [-0.39, 0.29) is 5.38 Å². The molecule has 1 heterocycles. The van der Waals surface area contributed by atoms with Gasteiger partial charge in [-0.3, -0.25) is 0 Å². The molecule has 0 amide bonds. The van der Waals surface area contributed by atoms with Gasteiger partial charge < -0.3 is 0 Å². The van der Waals surface area contributed by atoms with E-state index in [4.69, 9.17) is 11.6 Å². The number of nitrogens with zero attached hydrogens (tertiary/aromatic N) is 3. The molecule has 4 heteroatoms. The third kappa shape index (κ3) is 3.10. The van der Waals surface area contributed by atoms with Gasteiger partial charge in [0.1, 0.15) is 0 Å². The maximum Gasteiger partial charge on any atom is 0.0729 e. The number of hydrogen-bond donors (Lipinski definition) is 0. The molecule has 2 aromatic rings. The quantitative estimate of drug-likeness (QED) is 0.774. The Bertz CT molecular complexity index is 479. The molecule has 0 bridgehead atoms. The highest BCUT2D eigenvalue weighted by atomic mass is 35.5. The molecule has 0 radical (unpaired) electrons. The molecule has 1 aromatic carbocycles. The molecule has 0 aliphatic carbocycles. The van der Waals surface area contributed by atoms with Gasteiger partial charge in [0.05, 0.1) is 17.6 Å². The summed E-state index contributed by atoms with van der Waals surface area (Å²) in [5.41, 5.74) is 2.15. The van der Waals surface area contributed by atoms with Crippen LogP contribution in [0.15, 0.2) is 36.5 Å². The van der Waals surface area contributed by atoms with Gasteiger partial charge in [0, 0.05) is 5.38 Å². The molecule has 3 nitrogen and oxygen atoms in total. The molecule has 0 spiro atoms. The van der Waals surface area contributed by atoms with Crippen molar-refractivity contribution < 1.29 is 0 Å². The van der Waals surface area contributed by atoms with Crippen molar-refractivity contribution in [1.82, 2.24) is 15.0 Å². The van der Waals surface area contributed by atoms with Gasteiger partial charge >= 0.3 is 0 Å². The normalized spacial score (nSPS) is 12.9. The zero-order valence-corrected chi connectivity index (χ0v) is 11.5. The Kier molecular flexibility index (Phi) is 4.37. The highest BCUT2D eigenvalue weighted by Crippen LogP contribution is 2.17. The molecular weight excluding hydrogens is 246 g/mol. The lowest BCUT2D eigenvalue weighted by Gasteiger charge is -2.13. The number of aromatic nitrogens is 3. The highest BCUT2D eigenvalue weighted by Gasteiger charge is 2.12. The van der Waals surface area contributed by atoms with Crippen LogP contribution < -0.4 is 0 Å². The van der Waals surface area contributed by atoms with Gasteiger partial charge in [0.15, 0.2) is 0 Å². The molecule has 2 rings (SSSR count). The molecule has 1 atom stereocenters. The van der Waals surface area contributed by atoms with E-state index < -0.39 is 0 Å². The lowest BCUT2D eigenvalue weighted by atomic mass is 10.0. The van der Waals surface area contributed by atoms with E-state index in [1.54, 1.807) is 0 Å². The van der Waals surface area contributed by atoms with Crippen LogP contribution in [0.1, 0.15) is 26.0 Å². The Hall–Kier alpha value is -1.35. The zero-order valence-electron chi connectivity index (χ0n) is 10.8. The van der Waals surface area contributed by atoms with Crippen LogP contribution in [0.25, 0.3) is 5.69 Å². The van der Waals surface area contributed by atoms with Crippen molar-refractivity contribution in [3.63, 3.8) is 0 Å². The number of rotatable bonds is 5. The van der Waals surface area contributed by atoms with E-state index in [0.29, 0.717) is 5.92 Å². The Morgan fingerprint density at radius 3 is 2.61 bits per heavy atom. The fourth-order valence-corrected chi connectivity index (χ4v) is 1.94. The molecule has 0 aliphatic heterocycles. The fraction of sp³-hybridized carbons (Fsp3) is 0.429. The summed E-state index contributed by atoms with van der Waals surface area (Å²) in [6.07, 6.45) is 3.66. The van der Waals surface area contributed by atoms with Crippen molar-refractivity contribution in [3.8, 4) is 5.69 Å². The minimum atomic E-state index is 0.198. The zero-order chi connectivity index (χ0) is 13.0. The third-order valence-electron chi connectivity index (χ3n) is 3.02. The Morgan fingerprint density at radius 1 is 1.22 bits per heavy atom. The molecule has 0 saturated heterocycles. The molecular formula is C14H18ClN3. The van der Waals surface area contributed by atoms with Crippen LogP contribution in [0.4, 0.5) is 0 Å². The van der Waals surface area contributed by atoms with Crippen LogP contribution in [0.3, 0.4) is 0 Å². The Balaban J connectivity index is 2.09. The minimum Gasteiger partial charge on any atom is -0.218 e. The maximum absolute atomic E-state index is 6.28. The van der Waals surface area contributed by atoms with E-state index in [9.17, 15) is 0 Å². The number of hydrogen-bond acceptors (Lipinski definition) is 2. The van der Waals surface area contributed by atoms with Crippen LogP contribution in [0, 0.1) is 5.92 Å². The van der Waals surface area contributed by atoms with Crippen LogP contribution >= 0.6 is 11.6 Å². The molecule has 0 aliphatic rings. The van der Waals surface area contributed by atoms with Gasteiger partial charge in [-0.1, -0.05) is 37.3 Å². The predicted molar refractivity (Wildman–Crippen MR) is 74.2 cm³/mol. The number of aryl methyl sites for hydroxylation is 1. The van der Waals surface area contributed by atoms with Crippen LogP contribution in [0.2, 0.25) is 0 Å². The third-order valence-corrected chi connectivity index (χ3v) is 3.74. The van der Waals surface area contributed by atoms with Crippen molar-refractivity contribution >= 4 is 11.6 Å². The Labute approximate surface area is 113 Å². The topological polar surface area (TPSA) is 30.7 Å². The van der Waals surface area contributed by atoms with E-state index >= 15 is 0 Å². The van der Waals surface area contributed by atoms with E-state index in [0.717, 1.165) is 24.2 Å². The standard InChI is InChI=1S/C14H18ClN3/c1-11(2)14(15)9-8-13-10-16-17-18(13)12-6-4-3-5-7-12/h3-7,10-11,14H,8-9H2,1-2H3. The summed E-state index contributed by atoms with van der Waals surface area (Å²) in [5, 5.41) is 8.32. The van der Waals surface area contributed by atoms with Crippen molar-refractivity contribution in [3.05, 3.63) is 42.2 Å². The fourth-order valence-electron chi connectivity index (χ4n) is 1.83. The summed E-state index contributed by atoms with van der Waals surface area (Å²) in [6.45, 7) is 4.29. The first-order chi connectivity index (χ1) is 8.68. The number of para-hydroxylation sites is 1. The molecule has 18 heavy (non-hydrogen) atoms. The summed E-state index contributed by atoms with van der Waals surface area (Å²) in [4.78, 5) is 0. The minimum absolute atomic E-state index is 0.198. The van der Waals surface area contributed by atoms with E-state index in [2.05, 4.69) is 24.2 Å². The SMILES string of the molecule is CC(C)C(Cl)CCc1cnnn1-c1ccccc1. The first kappa shape index (κ1) is 13.1. The summed E-state index contributed by atoms with van der Waals surface area (Å²) in [6, 6.07) is 10.0. The van der Waals surface area contributed by atoms with Crippen molar-refractivity contribution in [2.45, 2.75) is 32.1 Å². The van der Waals surface area contributed by atoms with Gasteiger partial charge in [-0.2, -0.15) is 0 Å². The highest BCUT2D eigenvalue weighted by molar-refractivity contribution is 6.20. The van der Waals surface area contributed by atoms with Gasteiger partial charge in [-0.05, 0) is 30.9 Å². The first-order valence-electron chi connectivity index (χ1n) is 6.27. The monoisotopic (exact) mass is 263 g/mol. The van der Waals surface area contributed by atoms with Gasteiger partial charge in [-0.15, -0.1) is 16.7 Å². The van der Waals surface area contributed by atoms with Crippen molar-refractivity contribution in [2.75, 3.05) is 0 Å². The summed E-state index contributed by atoms with van der Waals surface area (Å²) in [7, 11) is 0. The largest absolute Gasteiger partial charge is 0.218 e. The van der Waals surface area contributed by atoms with Gasteiger partial charge in [0.25, 0.3) is 0 Å². The second-order valence-corrected chi connectivity index (χ2v) is 5.33. The van der Waals surface area contributed by atoms with Gasteiger partial charge in [-0.25, -0.2) is 4.68 Å². The lowest BCUT2D eigenvalue weighted by molar-refractivity contribution is 0.558. The predicted octanol–water partition coefficient (Wildman–Crippen LogP) is 3.46. The molecule has 0 N–H and O–H groups in total.